The topological polar surface area (TPSA) is 50.9 Å². The minimum absolute atomic E-state index is 0.723. The van der Waals surface area contributed by atoms with Crippen LogP contribution >= 0.6 is 15.9 Å². The van der Waals surface area contributed by atoms with Gasteiger partial charge in [-0.25, -0.2) is 4.98 Å². The van der Waals surface area contributed by atoms with Crippen LogP contribution in [0, 0.1) is 6.92 Å². The first kappa shape index (κ1) is 12.3. The number of anilines is 2. The summed E-state index contributed by atoms with van der Waals surface area (Å²) >= 11 is 3.50. The van der Waals surface area contributed by atoms with Crippen molar-refractivity contribution in [3.05, 3.63) is 16.2 Å². The smallest absolute Gasteiger partial charge is 0.140 e. The molecule has 0 saturated carbocycles. The first-order chi connectivity index (χ1) is 7.16. The van der Waals surface area contributed by atoms with Gasteiger partial charge in [-0.05, 0) is 34.8 Å². The van der Waals surface area contributed by atoms with E-state index in [9.17, 15) is 0 Å². The number of rotatable bonds is 5. The predicted octanol–water partition coefficient (Wildman–Crippen LogP) is 3.34. The summed E-state index contributed by atoms with van der Waals surface area (Å²) in [4.78, 5) is 4.25. The lowest BCUT2D eigenvalue weighted by atomic mass is 10.2. The van der Waals surface area contributed by atoms with Crippen LogP contribution in [0.25, 0.3) is 0 Å². The number of unbranched alkanes of at least 4 members (excludes halogenated alkanes) is 2. The van der Waals surface area contributed by atoms with Crippen LogP contribution in [0.4, 0.5) is 11.5 Å². The molecule has 1 heterocycles. The lowest BCUT2D eigenvalue weighted by molar-refractivity contribution is 0.742. The van der Waals surface area contributed by atoms with Crippen molar-refractivity contribution in [3.8, 4) is 0 Å². The maximum Gasteiger partial charge on any atom is 0.140 e. The van der Waals surface area contributed by atoms with E-state index in [2.05, 4.69) is 33.2 Å². The second kappa shape index (κ2) is 5.95. The zero-order chi connectivity index (χ0) is 11.3. The van der Waals surface area contributed by atoms with Gasteiger partial charge in [0.1, 0.15) is 5.82 Å². The summed E-state index contributed by atoms with van der Waals surface area (Å²) in [6.45, 7) is 5.14. The van der Waals surface area contributed by atoms with Crippen LogP contribution in [0.5, 0.6) is 0 Å². The van der Waals surface area contributed by atoms with E-state index in [-0.39, 0.29) is 0 Å². The van der Waals surface area contributed by atoms with Gasteiger partial charge in [-0.2, -0.15) is 0 Å². The Bertz CT molecular complexity index is 326. The van der Waals surface area contributed by atoms with Crippen LogP contribution in [0.15, 0.2) is 10.7 Å². The highest BCUT2D eigenvalue weighted by Gasteiger charge is 2.06. The SMILES string of the molecule is CCCCCNc1ncc(N)c(C)c1Br. The quantitative estimate of drug-likeness (QED) is 0.808. The fourth-order valence-corrected chi connectivity index (χ4v) is 1.77. The molecule has 0 saturated heterocycles. The fourth-order valence-electron chi connectivity index (χ4n) is 1.30. The molecule has 3 N–H and O–H groups in total. The monoisotopic (exact) mass is 271 g/mol. The van der Waals surface area contributed by atoms with Crippen LogP contribution < -0.4 is 11.1 Å². The minimum atomic E-state index is 0.723. The van der Waals surface area contributed by atoms with Crippen LogP contribution in [0.3, 0.4) is 0 Å². The molecule has 1 aromatic rings. The number of halogens is 1. The van der Waals surface area contributed by atoms with E-state index in [0.29, 0.717) is 0 Å². The zero-order valence-electron chi connectivity index (χ0n) is 9.31. The number of nitrogens with two attached hydrogens (primary N) is 1. The van der Waals surface area contributed by atoms with Gasteiger partial charge in [-0.15, -0.1) is 0 Å². The van der Waals surface area contributed by atoms with Crippen molar-refractivity contribution in [1.82, 2.24) is 4.98 Å². The van der Waals surface area contributed by atoms with E-state index in [0.717, 1.165) is 28.1 Å². The van der Waals surface area contributed by atoms with E-state index in [1.54, 1.807) is 6.20 Å². The van der Waals surface area contributed by atoms with Crippen molar-refractivity contribution >= 4 is 27.4 Å². The summed E-state index contributed by atoms with van der Waals surface area (Å²) < 4.78 is 0.971. The number of nitrogens with one attached hydrogen (secondary N) is 1. The fraction of sp³-hybridized carbons (Fsp3) is 0.545. The Morgan fingerprint density at radius 1 is 1.47 bits per heavy atom. The second-order valence-electron chi connectivity index (χ2n) is 3.64. The average molecular weight is 272 g/mol. The molecule has 0 spiro atoms. The minimum Gasteiger partial charge on any atom is -0.397 e. The molecule has 3 nitrogen and oxygen atoms in total. The van der Waals surface area contributed by atoms with E-state index in [1.807, 2.05) is 6.92 Å². The molecule has 84 valence electrons. The van der Waals surface area contributed by atoms with E-state index in [1.165, 1.54) is 19.3 Å². The third kappa shape index (κ3) is 3.38. The Morgan fingerprint density at radius 3 is 2.87 bits per heavy atom. The van der Waals surface area contributed by atoms with E-state index < -0.39 is 0 Å². The molecule has 0 radical (unpaired) electrons. The van der Waals surface area contributed by atoms with Crippen molar-refractivity contribution in [3.63, 3.8) is 0 Å². The molecular weight excluding hydrogens is 254 g/mol. The van der Waals surface area contributed by atoms with Gasteiger partial charge in [0, 0.05) is 6.54 Å². The van der Waals surface area contributed by atoms with Gasteiger partial charge in [0.2, 0.25) is 0 Å². The third-order valence-corrected chi connectivity index (χ3v) is 3.35. The molecule has 4 heteroatoms. The summed E-state index contributed by atoms with van der Waals surface area (Å²) in [6, 6.07) is 0. The molecule has 0 aliphatic carbocycles. The van der Waals surface area contributed by atoms with Gasteiger partial charge in [-0.3, -0.25) is 0 Å². The Balaban J connectivity index is 2.58. The predicted molar refractivity (Wildman–Crippen MR) is 69.1 cm³/mol. The molecule has 0 aliphatic rings. The summed E-state index contributed by atoms with van der Waals surface area (Å²) in [5.41, 5.74) is 7.51. The lowest BCUT2D eigenvalue weighted by Gasteiger charge is -2.10. The molecule has 0 unspecified atom stereocenters. The number of nitrogen functional groups attached to an aromatic ring is 1. The lowest BCUT2D eigenvalue weighted by Crippen LogP contribution is -2.05. The average Bonchev–Trinajstić information content (AvgIpc) is 2.24. The van der Waals surface area contributed by atoms with Crippen molar-refractivity contribution in [2.45, 2.75) is 33.1 Å². The normalized spacial score (nSPS) is 10.3. The molecule has 0 atom stereocenters. The standard InChI is InChI=1S/C11H18BrN3/c1-3-4-5-6-14-11-10(12)8(2)9(13)7-15-11/h7H,3-6,13H2,1-2H3,(H,14,15). The Morgan fingerprint density at radius 2 is 2.20 bits per heavy atom. The van der Waals surface area contributed by atoms with Crippen molar-refractivity contribution < 1.29 is 0 Å². The van der Waals surface area contributed by atoms with Crippen LogP contribution in [-0.2, 0) is 0 Å². The maximum absolute atomic E-state index is 5.75. The van der Waals surface area contributed by atoms with Crippen LogP contribution in [-0.4, -0.2) is 11.5 Å². The van der Waals surface area contributed by atoms with Gasteiger partial charge in [0.25, 0.3) is 0 Å². The highest BCUT2D eigenvalue weighted by molar-refractivity contribution is 9.10. The van der Waals surface area contributed by atoms with Crippen LogP contribution in [0.1, 0.15) is 31.7 Å². The van der Waals surface area contributed by atoms with Crippen molar-refractivity contribution in [2.24, 2.45) is 0 Å². The Labute approximate surface area is 99.6 Å². The maximum atomic E-state index is 5.75. The summed E-state index contributed by atoms with van der Waals surface area (Å²) in [5, 5.41) is 3.30. The number of aromatic nitrogens is 1. The van der Waals surface area contributed by atoms with Gasteiger partial charge in [0.05, 0.1) is 16.4 Å². The molecule has 0 amide bonds. The molecule has 1 rings (SSSR count). The summed E-state index contributed by atoms with van der Waals surface area (Å²) in [7, 11) is 0. The largest absolute Gasteiger partial charge is 0.397 e. The highest BCUT2D eigenvalue weighted by atomic mass is 79.9. The molecule has 0 aromatic carbocycles. The van der Waals surface area contributed by atoms with Gasteiger partial charge in [-0.1, -0.05) is 19.8 Å². The van der Waals surface area contributed by atoms with E-state index in [4.69, 9.17) is 5.73 Å². The second-order valence-corrected chi connectivity index (χ2v) is 4.43. The third-order valence-electron chi connectivity index (χ3n) is 2.38. The van der Waals surface area contributed by atoms with Crippen LogP contribution in [0.2, 0.25) is 0 Å². The Kier molecular flexibility index (Phi) is 4.88. The van der Waals surface area contributed by atoms with Gasteiger partial charge in [0.15, 0.2) is 0 Å². The molecular formula is C11H18BrN3. The number of hydrogen-bond acceptors (Lipinski definition) is 3. The van der Waals surface area contributed by atoms with Gasteiger partial charge >= 0.3 is 0 Å². The molecule has 15 heavy (non-hydrogen) atoms. The highest BCUT2D eigenvalue weighted by Crippen LogP contribution is 2.27. The number of nitrogens with zero attached hydrogens (tertiary/aromatic N) is 1. The summed E-state index contributed by atoms with van der Waals surface area (Å²) in [6.07, 6.45) is 5.35. The molecule has 0 fully saturated rings. The Hall–Kier alpha value is -0.770. The zero-order valence-corrected chi connectivity index (χ0v) is 10.9. The number of pyridine rings is 1. The van der Waals surface area contributed by atoms with Gasteiger partial charge < -0.3 is 11.1 Å². The summed E-state index contributed by atoms with van der Waals surface area (Å²) in [5.74, 6) is 0.887. The van der Waals surface area contributed by atoms with E-state index >= 15 is 0 Å². The van der Waals surface area contributed by atoms with Crippen molar-refractivity contribution in [1.29, 1.82) is 0 Å². The molecule has 1 aromatic heterocycles. The number of hydrogen-bond donors (Lipinski definition) is 2. The first-order valence-corrected chi connectivity index (χ1v) is 6.10. The molecule has 0 bridgehead atoms. The molecule has 0 aliphatic heterocycles. The first-order valence-electron chi connectivity index (χ1n) is 5.31. The van der Waals surface area contributed by atoms with Crippen molar-refractivity contribution in [2.75, 3.05) is 17.6 Å².